The van der Waals surface area contributed by atoms with Crippen LogP contribution in [-0.2, 0) is 20.4 Å². The number of aliphatic hydroxyl groups is 1. The van der Waals surface area contributed by atoms with Gasteiger partial charge < -0.3 is 20.5 Å². The molecule has 0 aliphatic carbocycles. The average Bonchev–Trinajstić information content (AvgIpc) is 3.49. The van der Waals surface area contributed by atoms with Crippen LogP contribution in [0.15, 0.2) is 82.9 Å². The molecule has 1 aliphatic rings. The van der Waals surface area contributed by atoms with Crippen molar-refractivity contribution in [2.24, 2.45) is 10.1 Å². The number of benzene rings is 4. The van der Waals surface area contributed by atoms with Crippen molar-refractivity contribution >= 4 is 81.1 Å². The molecule has 4 aromatic carbocycles. The summed E-state index contributed by atoms with van der Waals surface area (Å²) in [7, 11) is 0. The van der Waals surface area contributed by atoms with Crippen LogP contribution in [-0.4, -0.2) is 47.6 Å². The molecule has 0 saturated heterocycles. The molecule has 1 atom stereocenters. The number of rotatable bonds is 15. The summed E-state index contributed by atoms with van der Waals surface area (Å²) < 4.78 is 6.12. The molecule has 5 rings (SSSR count). The largest absolute Gasteiger partial charge is 0.483 e. The number of carbonyl (C=O) groups is 3. The van der Waals surface area contributed by atoms with E-state index in [1.165, 1.54) is 23.8 Å². The Labute approximate surface area is 362 Å². The van der Waals surface area contributed by atoms with E-state index < -0.39 is 17.7 Å². The van der Waals surface area contributed by atoms with Crippen LogP contribution in [0, 0.1) is 6.92 Å². The fourth-order valence-corrected chi connectivity index (χ4v) is 7.64. The second-order valence-electron chi connectivity index (χ2n) is 16.0. The highest BCUT2D eigenvalue weighted by molar-refractivity contribution is 6.72. The van der Waals surface area contributed by atoms with Gasteiger partial charge in [0.25, 0.3) is 11.8 Å². The van der Waals surface area contributed by atoms with Crippen molar-refractivity contribution in [1.82, 2.24) is 5.32 Å². The molecule has 312 valence electrons. The topological polar surface area (TPSA) is 133 Å². The molecule has 0 bridgehead atoms. The zero-order valence-electron chi connectivity index (χ0n) is 34.8. The number of carbonyl (C=O) groups excluding carboxylic acids is 3. The van der Waals surface area contributed by atoms with Gasteiger partial charge in [-0.2, -0.15) is 5.01 Å². The normalized spacial score (nSPS) is 14.4. The second-order valence-corrected chi connectivity index (χ2v) is 17.2. The maximum absolute atomic E-state index is 14.0. The van der Waals surface area contributed by atoms with Crippen LogP contribution in [0.1, 0.15) is 113 Å². The van der Waals surface area contributed by atoms with Gasteiger partial charge in [0.2, 0.25) is 0 Å². The van der Waals surface area contributed by atoms with Crippen molar-refractivity contribution < 1.29 is 24.2 Å². The zero-order chi connectivity index (χ0) is 43.2. The summed E-state index contributed by atoms with van der Waals surface area (Å²) in [4.78, 5) is 45.8. The maximum atomic E-state index is 14.0. The van der Waals surface area contributed by atoms with E-state index in [0.29, 0.717) is 23.5 Å². The molecule has 0 spiro atoms. The van der Waals surface area contributed by atoms with E-state index in [4.69, 9.17) is 39.5 Å². The maximum Gasteiger partial charge on any atom is 0.301 e. The van der Waals surface area contributed by atoms with Crippen molar-refractivity contribution in [2.75, 3.05) is 23.5 Å². The predicted octanol–water partition coefficient (Wildman–Crippen LogP) is 11.1. The Morgan fingerprint density at radius 2 is 1.59 bits per heavy atom. The Hall–Kier alpha value is -4.74. The minimum atomic E-state index is -0.683. The number of aliphatic hydroxyl groups excluding tert-OH is 1. The summed E-state index contributed by atoms with van der Waals surface area (Å²) in [5.74, 6) is -1.04. The molecule has 4 aromatic rings. The van der Waals surface area contributed by atoms with Gasteiger partial charge in [-0.05, 0) is 109 Å². The number of hydrogen-bond donors (Lipinski definition) is 3. The van der Waals surface area contributed by atoms with E-state index in [1.54, 1.807) is 24.3 Å². The monoisotopic (exact) mass is 859 g/mol. The van der Waals surface area contributed by atoms with E-state index in [2.05, 4.69) is 81.3 Å². The second kappa shape index (κ2) is 19.1. The number of anilines is 2. The molecular formula is C46H52Cl3N5O5. The quantitative estimate of drug-likeness (QED) is 0.109. The molecule has 3 N–H and O–H groups in total. The lowest BCUT2D eigenvalue weighted by Gasteiger charge is -2.30. The molecular weight excluding hydrogens is 809 g/mol. The van der Waals surface area contributed by atoms with Crippen LogP contribution in [0.2, 0.25) is 15.1 Å². The predicted molar refractivity (Wildman–Crippen MR) is 241 cm³/mol. The third-order valence-corrected chi connectivity index (χ3v) is 12.0. The summed E-state index contributed by atoms with van der Waals surface area (Å²) >= 11 is 19.2. The molecule has 0 radical (unpaired) electrons. The number of aryl methyl sites for hydroxylation is 1. The first-order chi connectivity index (χ1) is 27.9. The summed E-state index contributed by atoms with van der Waals surface area (Å²) in [5, 5.41) is 20.9. The molecule has 0 fully saturated rings. The van der Waals surface area contributed by atoms with Gasteiger partial charge in [-0.1, -0.05) is 114 Å². The lowest BCUT2D eigenvalue weighted by Crippen LogP contribution is -2.37. The summed E-state index contributed by atoms with van der Waals surface area (Å²) in [6.45, 7) is 16.8. The summed E-state index contributed by atoms with van der Waals surface area (Å²) in [6, 6.07) is 21.1. The number of hydrazone groups is 1. The Kier molecular flexibility index (Phi) is 14.7. The van der Waals surface area contributed by atoms with Gasteiger partial charge in [0.15, 0.2) is 18.2 Å². The Morgan fingerprint density at radius 3 is 2.22 bits per heavy atom. The van der Waals surface area contributed by atoms with E-state index in [9.17, 15) is 19.5 Å². The number of halogens is 3. The lowest BCUT2D eigenvalue weighted by molar-refractivity contribution is -0.118. The van der Waals surface area contributed by atoms with Gasteiger partial charge in [0.1, 0.15) is 11.4 Å². The molecule has 0 saturated carbocycles. The van der Waals surface area contributed by atoms with Crippen LogP contribution >= 0.6 is 34.8 Å². The van der Waals surface area contributed by atoms with Gasteiger partial charge in [0.05, 0.1) is 15.7 Å². The molecule has 1 aliphatic heterocycles. The SMILES string of the molecule is CCC(CCO)c1ccc(N=C2C(=O)N(c3c(Cl)cc(Cl)cc3Cl)N=C2NC(=O)c2cccc(NC(=O)COc3ccc(C(C)(C)CC)cc3C(C)(C)CC)c2)c(C)c1. The van der Waals surface area contributed by atoms with Gasteiger partial charge in [-0.15, -0.1) is 5.10 Å². The minimum absolute atomic E-state index is 0.0112. The molecule has 1 heterocycles. The van der Waals surface area contributed by atoms with Gasteiger partial charge in [-0.25, -0.2) is 4.99 Å². The highest BCUT2D eigenvalue weighted by atomic mass is 35.5. The zero-order valence-corrected chi connectivity index (χ0v) is 37.1. The molecule has 3 amide bonds. The van der Waals surface area contributed by atoms with Gasteiger partial charge in [0, 0.05) is 28.4 Å². The number of hydrogen-bond acceptors (Lipinski definition) is 7. The van der Waals surface area contributed by atoms with E-state index in [-0.39, 0.29) is 67.8 Å². The number of amides is 3. The first kappa shape index (κ1) is 45.3. The smallest absolute Gasteiger partial charge is 0.301 e. The third kappa shape index (κ3) is 10.5. The highest BCUT2D eigenvalue weighted by Crippen LogP contribution is 2.40. The number of amidine groups is 1. The van der Waals surface area contributed by atoms with Gasteiger partial charge in [-0.3, -0.25) is 14.4 Å². The lowest BCUT2D eigenvalue weighted by atomic mass is 9.76. The number of nitrogens with one attached hydrogen (secondary N) is 2. The van der Waals surface area contributed by atoms with Crippen molar-refractivity contribution in [3.8, 4) is 5.75 Å². The van der Waals surface area contributed by atoms with Crippen LogP contribution in [0.3, 0.4) is 0 Å². The van der Waals surface area contributed by atoms with E-state index in [0.717, 1.165) is 41.0 Å². The summed E-state index contributed by atoms with van der Waals surface area (Å²) in [5.41, 5.74) is 4.81. The Morgan fingerprint density at radius 1 is 0.898 bits per heavy atom. The summed E-state index contributed by atoms with van der Waals surface area (Å²) in [6.07, 6.45) is 3.32. The van der Waals surface area contributed by atoms with Crippen LogP contribution in [0.5, 0.6) is 5.75 Å². The molecule has 1 unspecified atom stereocenters. The number of ether oxygens (including phenoxy) is 1. The molecule has 10 nitrogen and oxygen atoms in total. The van der Waals surface area contributed by atoms with Crippen molar-refractivity contribution in [2.45, 2.75) is 97.8 Å². The molecule has 13 heteroatoms. The average molecular weight is 861 g/mol. The minimum Gasteiger partial charge on any atom is -0.483 e. The standard InChI is InChI=1S/C46H52Cl3N5O5/c1-9-28(19-20-55)29-15-17-37(27(4)21-29)51-40-42(53-54(44(40)58)41-35(48)24-32(47)25-36(41)49)52-43(57)30-13-12-14-33(22-30)50-39(56)26-59-38-18-16-31(45(5,6)10-2)23-34(38)46(7,8)11-3/h12-18,21-25,28,55H,9-11,19-20,26H2,1-8H3,(H,50,56)(H,52,53,57). The number of nitrogens with zero attached hydrogens (tertiary/aromatic N) is 3. The van der Waals surface area contributed by atoms with Gasteiger partial charge >= 0.3 is 5.91 Å². The molecule has 0 aromatic heterocycles. The first-order valence-electron chi connectivity index (χ1n) is 19.8. The van der Waals surface area contributed by atoms with E-state index in [1.807, 2.05) is 25.1 Å². The van der Waals surface area contributed by atoms with Crippen LogP contribution in [0.4, 0.5) is 17.1 Å². The van der Waals surface area contributed by atoms with Crippen molar-refractivity contribution in [3.63, 3.8) is 0 Å². The fraction of sp³-hybridized carbons (Fsp3) is 0.370. The molecule has 59 heavy (non-hydrogen) atoms. The highest BCUT2D eigenvalue weighted by Gasteiger charge is 2.37. The Bertz CT molecular complexity index is 2280. The van der Waals surface area contributed by atoms with Crippen molar-refractivity contribution in [1.29, 1.82) is 0 Å². The fourth-order valence-electron chi connectivity index (χ4n) is 6.67. The number of aliphatic imine (C=N–C) groups is 1. The van der Waals surface area contributed by atoms with Crippen LogP contribution in [0.25, 0.3) is 0 Å². The Balaban J connectivity index is 1.39. The first-order valence-corrected chi connectivity index (χ1v) is 20.9. The van der Waals surface area contributed by atoms with E-state index >= 15 is 0 Å². The van der Waals surface area contributed by atoms with Crippen LogP contribution < -0.4 is 20.4 Å². The van der Waals surface area contributed by atoms with Crippen molar-refractivity contribution in [3.05, 3.63) is 116 Å². The third-order valence-electron chi connectivity index (χ3n) is 11.2.